The number of aryl methyl sites for hydroxylation is 1. The second kappa shape index (κ2) is 4.17. The van der Waals surface area contributed by atoms with E-state index in [2.05, 4.69) is 29.4 Å². The van der Waals surface area contributed by atoms with Gasteiger partial charge in [0.25, 0.3) is 0 Å². The number of nitrogens with one attached hydrogen (secondary N) is 1. The average Bonchev–Trinajstić information content (AvgIpc) is 3.06. The van der Waals surface area contributed by atoms with Crippen LogP contribution < -0.4 is 5.32 Å². The number of aromatic nitrogens is 1. The smallest absolute Gasteiger partial charge is 0.0482 e. The molecular weight excluding hydrogens is 196 g/mol. The normalized spacial score (nSPS) is 25.4. The minimum Gasteiger partial charge on any atom is -0.313 e. The largest absolute Gasteiger partial charge is 0.313 e. The Morgan fingerprint density at radius 1 is 1.44 bits per heavy atom. The Labute approximate surface area is 97.5 Å². The molecule has 3 rings (SSSR count). The lowest BCUT2D eigenvalue weighted by molar-refractivity contribution is 0.392. The molecule has 0 bridgehead atoms. The lowest BCUT2D eigenvalue weighted by Gasteiger charge is -2.24. The van der Waals surface area contributed by atoms with E-state index in [1.807, 2.05) is 6.20 Å². The maximum Gasteiger partial charge on any atom is 0.0482 e. The zero-order valence-corrected chi connectivity index (χ0v) is 9.95. The molecule has 2 aliphatic carbocycles. The van der Waals surface area contributed by atoms with Gasteiger partial charge in [-0.3, -0.25) is 4.98 Å². The van der Waals surface area contributed by atoms with Crippen LogP contribution in [0.15, 0.2) is 18.3 Å². The number of rotatable bonds is 4. The Hall–Kier alpha value is -0.890. The highest BCUT2D eigenvalue weighted by atomic mass is 14.9. The Morgan fingerprint density at radius 3 is 3.06 bits per heavy atom. The van der Waals surface area contributed by atoms with Gasteiger partial charge in [0.15, 0.2) is 0 Å². The van der Waals surface area contributed by atoms with Gasteiger partial charge in [0.05, 0.1) is 0 Å². The van der Waals surface area contributed by atoms with Gasteiger partial charge in [-0.15, -0.1) is 0 Å². The Kier molecular flexibility index (Phi) is 2.68. The standard InChI is InChI=1S/C14H20N2/c1-2-15-13(11-5-6-11)12-8-7-10-4-3-9-16-14(10)12/h3-4,9,11-13,15H,2,5-8H2,1H3. The van der Waals surface area contributed by atoms with E-state index in [4.69, 9.17) is 0 Å². The molecule has 2 atom stereocenters. The summed E-state index contributed by atoms with van der Waals surface area (Å²) in [6.45, 7) is 3.30. The molecule has 1 saturated carbocycles. The molecule has 0 amide bonds. The molecule has 2 aliphatic rings. The maximum absolute atomic E-state index is 4.61. The van der Waals surface area contributed by atoms with E-state index in [9.17, 15) is 0 Å². The number of hydrogen-bond donors (Lipinski definition) is 1. The molecule has 0 radical (unpaired) electrons. The van der Waals surface area contributed by atoms with E-state index in [0.717, 1.165) is 12.5 Å². The van der Waals surface area contributed by atoms with Crippen LogP contribution in [-0.4, -0.2) is 17.6 Å². The molecule has 2 heteroatoms. The summed E-state index contributed by atoms with van der Waals surface area (Å²) in [4.78, 5) is 4.61. The molecule has 0 spiro atoms. The molecule has 2 unspecified atom stereocenters. The summed E-state index contributed by atoms with van der Waals surface area (Å²) in [7, 11) is 0. The van der Waals surface area contributed by atoms with Crippen molar-refractivity contribution >= 4 is 0 Å². The predicted molar refractivity (Wildman–Crippen MR) is 65.5 cm³/mol. The third-order valence-corrected chi connectivity index (χ3v) is 4.01. The van der Waals surface area contributed by atoms with Crippen LogP contribution in [0.2, 0.25) is 0 Å². The van der Waals surface area contributed by atoms with Crippen molar-refractivity contribution in [3.8, 4) is 0 Å². The van der Waals surface area contributed by atoms with Gasteiger partial charge in [0.1, 0.15) is 0 Å². The number of hydrogen-bond acceptors (Lipinski definition) is 2. The number of fused-ring (bicyclic) bond motifs is 1. The number of pyridine rings is 1. The van der Waals surface area contributed by atoms with E-state index in [-0.39, 0.29) is 0 Å². The van der Waals surface area contributed by atoms with Crippen molar-refractivity contribution in [2.24, 2.45) is 5.92 Å². The average molecular weight is 216 g/mol. The van der Waals surface area contributed by atoms with Crippen molar-refractivity contribution in [3.05, 3.63) is 29.6 Å². The lowest BCUT2D eigenvalue weighted by Crippen LogP contribution is -2.36. The van der Waals surface area contributed by atoms with Crippen molar-refractivity contribution in [2.75, 3.05) is 6.54 Å². The molecule has 0 saturated heterocycles. The second-order valence-electron chi connectivity index (χ2n) is 5.11. The first-order valence-electron chi connectivity index (χ1n) is 6.57. The van der Waals surface area contributed by atoms with Gasteiger partial charge in [0, 0.05) is 23.9 Å². The van der Waals surface area contributed by atoms with E-state index in [1.165, 1.54) is 36.9 Å². The third-order valence-electron chi connectivity index (χ3n) is 4.01. The highest BCUT2D eigenvalue weighted by molar-refractivity contribution is 5.30. The van der Waals surface area contributed by atoms with Crippen molar-refractivity contribution in [1.82, 2.24) is 10.3 Å². The Morgan fingerprint density at radius 2 is 2.31 bits per heavy atom. The first kappa shape index (κ1) is 10.3. The summed E-state index contributed by atoms with van der Waals surface area (Å²) < 4.78 is 0. The van der Waals surface area contributed by atoms with E-state index in [0.29, 0.717) is 12.0 Å². The fraction of sp³-hybridized carbons (Fsp3) is 0.643. The van der Waals surface area contributed by atoms with Gasteiger partial charge in [-0.2, -0.15) is 0 Å². The number of likely N-dealkylation sites (N-methyl/N-ethyl adjacent to an activating group) is 1. The predicted octanol–water partition coefficient (Wildman–Crippen LogP) is 2.50. The molecular formula is C14H20N2. The molecule has 1 aromatic rings. The molecule has 0 aromatic carbocycles. The molecule has 1 N–H and O–H groups in total. The summed E-state index contributed by atoms with van der Waals surface area (Å²) >= 11 is 0. The molecule has 1 fully saturated rings. The quantitative estimate of drug-likeness (QED) is 0.836. The highest BCUT2D eigenvalue weighted by Crippen LogP contribution is 2.43. The summed E-state index contributed by atoms with van der Waals surface area (Å²) in [6.07, 6.45) is 7.29. The minimum atomic E-state index is 0.670. The van der Waals surface area contributed by atoms with Crippen molar-refractivity contribution in [1.29, 1.82) is 0 Å². The van der Waals surface area contributed by atoms with Gasteiger partial charge >= 0.3 is 0 Å². The van der Waals surface area contributed by atoms with Crippen LogP contribution in [0.1, 0.15) is 43.4 Å². The molecule has 16 heavy (non-hydrogen) atoms. The monoisotopic (exact) mass is 216 g/mol. The fourth-order valence-corrected chi connectivity index (χ4v) is 3.12. The van der Waals surface area contributed by atoms with Crippen LogP contribution in [-0.2, 0) is 6.42 Å². The Bertz CT molecular complexity index is 371. The summed E-state index contributed by atoms with van der Waals surface area (Å²) in [5, 5.41) is 3.69. The zero-order valence-electron chi connectivity index (χ0n) is 9.95. The van der Waals surface area contributed by atoms with Crippen LogP contribution in [0.25, 0.3) is 0 Å². The van der Waals surface area contributed by atoms with Crippen LogP contribution in [0.3, 0.4) is 0 Å². The SMILES string of the molecule is CCNC(C1CC1)C1CCc2cccnc21. The van der Waals surface area contributed by atoms with E-state index in [1.54, 1.807) is 0 Å². The summed E-state index contributed by atoms with van der Waals surface area (Å²) in [6, 6.07) is 5.00. The first-order chi connectivity index (χ1) is 7.90. The lowest BCUT2D eigenvalue weighted by atomic mass is 9.93. The first-order valence-corrected chi connectivity index (χ1v) is 6.57. The summed E-state index contributed by atoms with van der Waals surface area (Å²) in [5.41, 5.74) is 2.86. The molecule has 2 nitrogen and oxygen atoms in total. The van der Waals surface area contributed by atoms with Crippen LogP contribution >= 0.6 is 0 Å². The molecule has 0 aliphatic heterocycles. The zero-order chi connectivity index (χ0) is 11.0. The van der Waals surface area contributed by atoms with E-state index >= 15 is 0 Å². The fourth-order valence-electron chi connectivity index (χ4n) is 3.12. The van der Waals surface area contributed by atoms with Crippen molar-refractivity contribution < 1.29 is 0 Å². The van der Waals surface area contributed by atoms with Crippen LogP contribution in [0.5, 0.6) is 0 Å². The maximum atomic E-state index is 4.61. The van der Waals surface area contributed by atoms with Gasteiger partial charge in [-0.1, -0.05) is 13.0 Å². The second-order valence-corrected chi connectivity index (χ2v) is 5.11. The van der Waals surface area contributed by atoms with Gasteiger partial charge in [0.2, 0.25) is 0 Å². The molecule has 1 heterocycles. The van der Waals surface area contributed by atoms with Gasteiger partial charge in [-0.25, -0.2) is 0 Å². The van der Waals surface area contributed by atoms with Crippen LogP contribution in [0.4, 0.5) is 0 Å². The highest BCUT2D eigenvalue weighted by Gasteiger charge is 2.39. The van der Waals surface area contributed by atoms with Crippen molar-refractivity contribution in [3.63, 3.8) is 0 Å². The van der Waals surface area contributed by atoms with Gasteiger partial charge in [-0.05, 0) is 49.8 Å². The minimum absolute atomic E-state index is 0.670. The summed E-state index contributed by atoms with van der Waals surface area (Å²) in [5.74, 6) is 1.58. The third kappa shape index (κ3) is 1.75. The van der Waals surface area contributed by atoms with E-state index < -0.39 is 0 Å². The Balaban J connectivity index is 1.84. The van der Waals surface area contributed by atoms with Crippen LogP contribution in [0, 0.1) is 5.92 Å². The van der Waals surface area contributed by atoms with Gasteiger partial charge < -0.3 is 5.32 Å². The van der Waals surface area contributed by atoms with Crippen molar-refractivity contribution in [2.45, 2.75) is 44.6 Å². The number of nitrogens with zero attached hydrogens (tertiary/aromatic N) is 1. The topological polar surface area (TPSA) is 24.9 Å². The molecule has 86 valence electrons. The molecule has 1 aromatic heterocycles.